The quantitative estimate of drug-likeness (QED) is 0.353. The van der Waals surface area contributed by atoms with Gasteiger partial charge < -0.3 is 23.8 Å². The zero-order valence-corrected chi connectivity index (χ0v) is 19.4. The van der Waals surface area contributed by atoms with Crippen LogP contribution in [0.4, 0.5) is 0 Å². The third-order valence-electron chi connectivity index (χ3n) is 5.92. The summed E-state index contributed by atoms with van der Waals surface area (Å²) in [7, 11) is 4.54. The lowest BCUT2D eigenvalue weighted by Gasteiger charge is -2.47. The van der Waals surface area contributed by atoms with Crippen LogP contribution in [0.1, 0.15) is 27.5 Å². The van der Waals surface area contributed by atoms with E-state index in [1.165, 1.54) is 7.11 Å². The van der Waals surface area contributed by atoms with Crippen molar-refractivity contribution in [1.82, 2.24) is 4.90 Å². The Morgan fingerprint density at radius 3 is 2.24 bits per heavy atom. The summed E-state index contributed by atoms with van der Waals surface area (Å²) in [5.74, 6) is 1.46. The first kappa shape index (κ1) is 23.2. The van der Waals surface area contributed by atoms with Crippen LogP contribution in [-0.4, -0.2) is 50.8 Å². The average molecular weight is 462 g/mol. The standard InChI is InChI=1S/C27H27NO6/c1-31-22-14-9-18(17-23(22)32-2)15-16-28-24(19-10-12-20(13-11-19)27(30)33-3)25(26(28)29)34-21-7-5-4-6-8-21/h4-14,17,24-25H,15-16H2,1-3H3/t24-,25+/m0/s1. The number of likely N-dealkylation sites (tertiary alicyclic amines) is 1. The molecular weight excluding hydrogens is 434 g/mol. The molecule has 1 fully saturated rings. The molecule has 1 saturated heterocycles. The molecule has 7 heteroatoms. The van der Waals surface area contributed by atoms with Gasteiger partial charge in [-0.3, -0.25) is 4.79 Å². The topological polar surface area (TPSA) is 74.3 Å². The summed E-state index contributed by atoms with van der Waals surface area (Å²) in [5.41, 5.74) is 2.37. The Balaban J connectivity index is 1.55. The number of carbonyl (C=O) groups excluding carboxylic acids is 2. The second-order valence-corrected chi connectivity index (χ2v) is 7.88. The van der Waals surface area contributed by atoms with Gasteiger partial charge in [-0.1, -0.05) is 36.4 Å². The maximum absolute atomic E-state index is 13.1. The largest absolute Gasteiger partial charge is 0.493 e. The molecular formula is C27H27NO6. The van der Waals surface area contributed by atoms with Crippen molar-refractivity contribution < 1.29 is 28.5 Å². The molecule has 0 radical (unpaired) electrons. The zero-order chi connectivity index (χ0) is 24.1. The number of hydrogen-bond donors (Lipinski definition) is 0. The number of nitrogens with zero attached hydrogens (tertiary/aromatic N) is 1. The van der Waals surface area contributed by atoms with Crippen molar-refractivity contribution in [1.29, 1.82) is 0 Å². The molecule has 0 aromatic heterocycles. The van der Waals surface area contributed by atoms with E-state index in [1.807, 2.05) is 60.7 Å². The van der Waals surface area contributed by atoms with Crippen molar-refractivity contribution in [2.75, 3.05) is 27.9 Å². The number of methoxy groups -OCH3 is 3. The third-order valence-corrected chi connectivity index (χ3v) is 5.92. The van der Waals surface area contributed by atoms with Gasteiger partial charge in [0.2, 0.25) is 6.10 Å². The highest BCUT2D eigenvalue weighted by Crippen LogP contribution is 2.38. The molecule has 3 aromatic carbocycles. The van der Waals surface area contributed by atoms with E-state index in [9.17, 15) is 9.59 Å². The van der Waals surface area contributed by atoms with E-state index in [-0.39, 0.29) is 11.9 Å². The molecule has 0 unspecified atom stereocenters. The van der Waals surface area contributed by atoms with Crippen molar-refractivity contribution in [2.45, 2.75) is 18.6 Å². The van der Waals surface area contributed by atoms with E-state index in [2.05, 4.69) is 0 Å². The molecule has 1 heterocycles. The van der Waals surface area contributed by atoms with Gasteiger partial charge in [0.15, 0.2) is 11.5 Å². The predicted octanol–water partition coefficient (Wildman–Crippen LogP) is 4.06. The smallest absolute Gasteiger partial charge is 0.337 e. The minimum atomic E-state index is -0.642. The molecule has 176 valence electrons. The fraction of sp³-hybridized carbons (Fsp3) is 0.259. The maximum atomic E-state index is 13.1. The molecule has 7 nitrogen and oxygen atoms in total. The van der Waals surface area contributed by atoms with Gasteiger partial charge in [-0.2, -0.15) is 0 Å². The summed E-state index contributed by atoms with van der Waals surface area (Å²) in [6.07, 6.45) is -0.00209. The van der Waals surface area contributed by atoms with E-state index >= 15 is 0 Å². The van der Waals surface area contributed by atoms with Crippen LogP contribution < -0.4 is 14.2 Å². The van der Waals surface area contributed by atoms with Crippen LogP contribution in [0.2, 0.25) is 0 Å². The van der Waals surface area contributed by atoms with Crippen molar-refractivity contribution in [3.05, 3.63) is 89.5 Å². The number of β-lactam (4-membered cyclic amide) rings is 1. The maximum Gasteiger partial charge on any atom is 0.337 e. The predicted molar refractivity (Wildman–Crippen MR) is 126 cm³/mol. The Hall–Kier alpha value is -4.00. The van der Waals surface area contributed by atoms with E-state index in [4.69, 9.17) is 18.9 Å². The fourth-order valence-electron chi connectivity index (χ4n) is 4.10. The molecule has 2 atom stereocenters. The monoisotopic (exact) mass is 461 g/mol. The van der Waals surface area contributed by atoms with Crippen LogP contribution in [0.5, 0.6) is 17.2 Å². The number of esters is 1. The Bertz CT molecular complexity index is 1150. The summed E-state index contributed by atoms with van der Waals surface area (Å²) < 4.78 is 21.6. The van der Waals surface area contributed by atoms with Gasteiger partial charge >= 0.3 is 5.97 Å². The van der Waals surface area contributed by atoms with E-state index in [0.717, 1.165) is 11.1 Å². The molecule has 0 saturated carbocycles. The summed E-state index contributed by atoms with van der Waals surface area (Å²) in [6, 6.07) is 21.8. The Kier molecular flexibility index (Phi) is 7.01. The number of hydrogen-bond acceptors (Lipinski definition) is 6. The van der Waals surface area contributed by atoms with Crippen LogP contribution in [0, 0.1) is 0 Å². The number of para-hydroxylation sites is 1. The van der Waals surface area contributed by atoms with Gasteiger partial charge in [0.1, 0.15) is 11.8 Å². The molecule has 0 spiro atoms. The summed E-state index contributed by atoms with van der Waals surface area (Å²) in [6.45, 7) is 0.506. The first-order valence-electron chi connectivity index (χ1n) is 11.0. The van der Waals surface area contributed by atoms with Crippen LogP contribution in [-0.2, 0) is 16.0 Å². The first-order chi connectivity index (χ1) is 16.5. The van der Waals surface area contributed by atoms with E-state index in [1.54, 1.807) is 31.3 Å². The fourth-order valence-corrected chi connectivity index (χ4v) is 4.10. The summed E-state index contributed by atoms with van der Waals surface area (Å²) in [4.78, 5) is 26.7. The number of rotatable bonds is 9. The molecule has 3 aromatic rings. The lowest BCUT2D eigenvalue weighted by atomic mass is 9.89. The SMILES string of the molecule is COC(=O)c1ccc([C@H]2[C@@H](Oc3ccccc3)C(=O)N2CCc2ccc(OC)c(OC)c2)cc1. The molecule has 0 N–H and O–H groups in total. The Labute approximate surface area is 198 Å². The Morgan fingerprint density at radius 1 is 0.882 bits per heavy atom. The van der Waals surface area contributed by atoms with Gasteiger partial charge in [-0.05, 0) is 53.9 Å². The zero-order valence-electron chi connectivity index (χ0n) is 19.4. The highest BCUT2D eigenvalue weighted by atomic mass is 16.5. The number of ether oxygens (including phenoxy) is 4. The van der Waals surface area contributed by atoms with Gasteiger partial charge in [0.25, 0.3) is 5.91 Å². The summed E-state index contributed by atoms with van der Waals surface area (Å²) >= 11 is 0. The number of benzene rings is 3. The van der Waals surface area contributed by atoms with Crippen molar-refractivity contribution in [3.63, 3.8) is 0 Å². The summed E-state index contributed by atoms with van der Waals surface area (Å²) in [5, 5.41) is 0. The highest BCUT2D eigenvalue weighted by Gasteiger charge is 2.49. The van der Waals surface area contributed by atoms with Crippen LogP contribution in [0.25, 0.3) is 0 Å². The highest BCUT2D eigenvalue weighted by molar-refractivity contribution is 5.90. The van der Waals surface area contributed by atoms with Gasteiger partial charge in [-0.15, -0.1) is 0 Å². The number of amides is 1. The minimum Gasteiger partial charge on any atom is -0.493 e. The number of carbonyl (C=O) groups is 2. The minimum absolute atomic E-state index is 0.0774. The normalized spacial score (nSPS) is 17.0. The van der Waals surface area contributed by atoms with Crippen LogP contribution in [0.3, 0.4) is 0 Å². The second-order valence-electron chi connectivity index (χ2n) is 7.88. The van der Waals surface area contributed by atoms with E-state index < -0.39 is 12.1 Å². The molecule has 4 rings (SSSR count). The van der Waals surface area contributed by atoms with Crippen molar-refractivity contribution in [3.8, 4) is 17.2 Å². The van der Waals surface area contributed by atoms with Crippen molar-refractivity contribution in [2.24, 2.45) is 0 Å². The van der Waals surface area contributed by atoms with Crippen LogP contribution in [0.15, 0.2) is 72.8 Å². The second kappa shape index (κ2) is 10.3. The molecule has 1 aliphatic rings. The van der Waals surface area contributed by atoms with Gasteiger partial charge in [0, 0.05) is 6.54 Å². The third kappa shape index (κ3) is 4.69. The van der Waals surface area contributed by atoms with Gasteiger partial charge in [0.05, 0.1) is 26.9 Å². The molecule has 0 bridgehead atoms. The van der Waals surface area contributed by atoms with Gasteiger partial charge in [-0.25, -0.2) is 4.79 Å². The van der Waals surface area contributed by atoms with Crippen molar-refractivity contribution >= 4 is 11.9 Å². The Morgan fingerprint density at radius 2 is 1.59 bits per heavy atom. The lowest BCUT2D eigenvalue weighted by molar-refractivity contribution is -0.164. The molecule has 1 aliphatic heterocycles. The molecule has 34 heavy (non-hydrogen) atoms. The van der Waals surface area contributed by atoms with E-state index in [0.29, 0.717) is 35.8 Å². The van der Waals surface area contributed by atoms with Crippen LogP contribution >= 0.6 is 0 Å². The molecule has 1 amide bonds. The molecule has 0 aliphatic carbocycles. The lowest BCUT2D eigenvalue weighted by Crippen LogP contribution is -2.61. The first-order valence-corrected chi connectivity index (χ1v) is 11.0. The average Bonchev–Trinajstić information content (AvgIpc) is 2.89.